The molecule has 1 atom stereocenters. The summed E-state index contributed by atoms with van der Waals surface area (Å²) in [6.07, 6.45) is 8.82. The van der Waals surface area contributed by atoms with Crippen molar-refractivity contribution in [2.75, 3.05) is 5.75 Å². The quantitative estimate of drug-likeness (QED) is 0.531. The van der Waals surface area contributed by atoms with Gasteiger partial charge >= 0.3 is 0 Å². The number of carbonyl (C=O) groups excluding carboxylic acids is 1. The van der Waals surface area contributed by atoms with E-state index < -0.39 is 9.84 Å². The Bertz CT molecular complexity index is 901. The molecule has 1 aromatic rings. The second kappa shape index (κ2) is 8.63. The molecule has 30 heavy (non-hydrogen) atoms. The number of amides is 1. The Morgan fingerprint density at radius 2 is 1.73 bits per heavy atom. The van der Waals surface area contributed by atoms with Gasteiger partial charge in [0.2, 0.25) is 0 Å². The standard InChI is InChI=1S/C23H31Cl2NO3S/c1-15(26-22(27)20-7-6-18(24)12-21(20)25)23(13-16-2-3-16)10-8-19(9-11-23)30(28,29)14-17-4-5-17/h6-7,12,15-17,19H,2-5,8-11,13-14H2,1H3,(H,26,27). The first-order chi connectivity index (χ1) is 14.2. The van der Waals surface area contributed by atoms with Gasteiger partial charge in [0, 0.05) is 11.1 Å². The number of sulfone groups is 1. The van der Waals surface area contributed by atoms with Crippen molar-refractivity contribution < 1.29 is 13.2 Å². The molecule has 0 bridgehead atoms. The van der Waals surface area contributed by atoms with Crippen molar-refractivity contribution in [2.24, 2.45) is 17.3 Å². The molecule has 4 nitrogen and oxygen atoms in total. The summed E-state index contributed by atoms with van der Waals surface area (Å²) in [7, 11) is -3.00. The van der Waals surface area contributed by atoms with Crippen molar-refractivity contribution in [3.63, 3.8) is 0 Å². The first-order valence-electron chi connectivity index (χ1n) is 11.2. The minimum absolute atomic E-state index is 0.0376. The summed E-state index contributed by atoms with van der Waals surface area (Å²) in [4.78, 5) is 12.9. The molecule has 1 N–H and O–H groups in total. The summed E-state index contributed by atoms with van der Waals surface area (Å²) < 4.78 is 25.6. The Morgan fingerprint density at radius 1 is 1.10 bits per heavy atom. The molecule has 3 aliphatic rings. The molecule has 0 heterocycles. The lowest BCUT2D eigenvalue weighted by atomic mass is 9.66. The molecule has 7 heteroatoms. The van der Waals surface area contributed by atoms with Gasteiger partial charge in [0.25, 0.3) is 5.91 Å². The average molecular weight is 472 g/mol. The fraction of sp³-hybridized carbons (Fsp3) is 0.696. The highest BCUT2D eigenvalue weighted by molar-refractivity contribution is 7.92. The highest BCUT2D eigenvalue weighted by Gasteiger charge is 2.46. The van der Waals surface area contributed by atoms with Crippen molar-refractivity contribution in [1.82, 2.24) is 5.32 Å². The minimum Gasteiger partial charge on any atom is -0.349 e. The van der Waals surface area contributed by atoms with Crippen LogP contribution in [0.4, 0.5) is 0 Å². The Morgan fingerprint density at radius 3 is 2.30 bits per heavy atom. The average Bonchev–Trinajstić information content (AvgIpc) is 3.59. The predicted molar refractivity (Wildman–Crippen MR) is 122 cm³/mol. The number of hydrogen-bond donors (Lipinski definition) is 1. The van der Waals surface area contributed by atoms with E-state index >= 15 is 0 Å². The van der Waals surface area contributed by atoms with Gasteiger partial charge in [-0.3, -0.25) is 4.79 Å². The van der Waals surface area contributed by atoms with Gasteiger partial charge in [0.1, 0.15) is 0 Å². The van der Waals surface area contributed by atoms with E-state index in [9.17, 15) is 13.2 Å². The van der Waals surface area contributed by atoms with Crippen LogP contribution in [0.25, 0.3) is 0 Å². The molecule has 4 rings (SSSR count). The van der Waals surface area contributed by atoms with Crippen LogP contribution in [0.15, 0.2) is 18.2 Å². The zero-order chi connectivity index (χ0) is 21.5. The maximum absolute atomic E-state index is 12.9. The molecule has 3 fully saturated rings. The van der Waals surface area contributed by atoms with Gasteiger partial charge < -0.3 is 5.32 Å². The first-order valence-corrected chi connectivity index (χ1v) is 13.6. The van der Waals surface area contributed by atoms with Gasteiger partial charge in [-0.2, -0.15) is 0 Å². The van der Waals surface area contributed by atoms with Crippen LogP contribution in [-0.2, 0) is 9.84 Å². The molecule has 0 spiro atoms. The summed E-state index contributed by atoms with van der Waals surface area (Å²) in [6, 6.07) is 4.87. The van der Waals surface area contributed by atoms with Gasteiger partial charge in [0.15, 0.2) is 9.84 Å². The largest absolute Gasteiger partial charge is 0.349 e. The molecule has 3 aliphatic carbocycles. The molecule has 166 valence electrons. The molecule has 1 unspecified atom stereocenters. The smallest absolute Gasteiger partial charge is 0.253 e. The zero-order valence-electron chi connectivity index (χ0n) is 17.5. The van der Waals surface area contributed by atoms with Crippen LogP contribution >= 0.6 is 23.2 Å². The van der Waals surface area contributed by atoms with E-state index in [1.54, 1.807) is 18.2 Å². The Balaban J connectivity index is 1.44. The van der Waals surface area contributed by atoms with E-state index in [4.69, 9.17) is 23.2 Å². The number of hydrogen-bond acceptors (Lipinski definition) is 3. The Hall–Kier alpha value is -0.780. The van der Waals surface area contributed by atoms with Crippen molar-refractivity contribution in [2.45, 2.75) is 76.0 Å². The van der Waals surface area contributed by atoms with Gasteiger partial charge in [0.05, 0.1) is 21.6 Å². The second-order valence-corrected chi connectivity index (χ2v) is 13.0. The number of rotatable bonds is 8. The van der Waals surface area contributed by atoms with Gasteiger partial charge in [-0.05, 0) is 87.3 Å². The molecule has 0 aliphatic heterocycles. The third kappa shape index (κ3) is 5.16. The van der Waals surface area contributed by atoms with Crippen LogP contribution in [0.2, 0.25) is 10.0 Å². The minimum atomic E-state index is -3.00. The lowest BCUT2D eigenvalue weighted by Crippen LogP contribution is -2.49. The van der Waals surface area contributed by atoms with Crippen molar-refractivity contribution >= 4 is 38.9 Å². The summed E-state index contributed by atoms with van der Waals surface area (Å²) in [5.41, 5.74) is 0.386. The van der Waals surface area contributed by atoms with E-state index in [-0.39, 0.29) is 22.6 Å². The lowest BCUT2D eigenvalue weighted by molar-refractivity contribution is 0.0783. The SMILES string of the molecule is CC(NC(=O)c1ccc(Cl)cc1Cl)C1(CC2CC2)CCC(S(=O)(=O)CC2CC2)CC1. The Kier molecular flexibility index (Phi) is 6.45. The fourth-order valence-corrected chi connectivity index (χ4v) is 7.80. The van der Waals surface area contributed by atoms with Gasteiger partial charge in [-0.25, -0.2) is 8.42 Å². The summed E-state index contributed by atoms with van der Waals surface area (Å²) in [6.45, 7) is 2.07. The van der Waals surface area contributed by atoms with Gasteiger partial charge in [-0.15, -0.1) is 0 Å². The molecular weight excluding hydrogens is 441 g/mol. The molecule has 3 saturated carbocycles. The van der Waals surface area contributed by atoms with Crippen LogP contribution in [0.5, 0.6) is 0 Å². The fourth-order valence-electron chi connectivity index (χ4n) is 5.09. The van der Waals surface area contributed by atoms with Crippen molar-refractivity contribution in [3.05, 3.63) is 33.8 Å². The number of nitrogens with one attached hydrogen (secondary N) is 1. The highest BCUT2D eigenvalue weighted by Crippen LogP contribution is 2.51. The Labute approximate surface area is 190 Å². The summed E-state index contributed by atoms with van der Waals surface area (Å²) >= 11 is 12.2. The van der Waals surface area contributed by atoms with E-state index in [2.05, 4.69) is 12.2 Å². The molecule has 1 aromatic carbocycles. The number of carbonyl (C=O) groups is 1. The van der Waals surface area contributed by atoms with E-state index in [0.29, 0.717) is 46.0 Å². The summed E-state index contributed by atoms with van der Waals surface area (Å²) in [5, 5.41) is 3.82. The summed E-state index contributed by atoms with van der Waals surface area (Å²) in [5.74, 6) is 1.29. The van der Waals surface area contributed by atoms with Crippen LogP contribution in [-0.4, -0.2) is 31.4 Å². The van der Waals surface area contributed by atoms with Crippen molar-refractivity contribution in [1.29, 1.82) is 0 Å². The number of halogens is 2. The van der Waals surface area contributed by atoms with Crippen LogP contribution in [0.3, 0.4) is 0 Å². The van der Waals surface area contributed by atoms with Crippen LogP contribution in [0, 0.1) is 17.3 Å². The lowest BCUT2D eigenvalue weighted by Gasteiger charge is -2.45. The predicted octanol–water partition coefficient (Wildman–Crippen LogP) is 5.67. The highest BCUT2D eigenvalue weighted by atomic mass is 35.5. The first kappa shape index (κ1) is 22.4. The van der Waals surface area contributed by atoms with Crippen LogP contribution in [0.1, 0.15) is 75.1 Å². The molecule has 0 radical (unpaired) electrons. The topological polar surface area (TPSA) is 63.2 Å². The number of benzene rings is 1. The third-order valence-corrected chi connectivity index (χ3v) is 10.4. The maximum Gasteiger partial charge on any atom is 0.253 e. The van der Waals surface area contributed by atoms with Crippen molar-refractivity contribution in [3.8, 4) is 0 Å². The monoisotopic (exact) mass is 471 g/mol. The zero-order valence-corrected chi connectivity index (χ0v) is 19.8. The van der Waals surface area contributed by atoms with E-state index in [0.717, 1.165) is 32.1 Å². The maximum atomic E-state index is 12.9. The molecule has 0 aromatic heterocycles. The second-order valence-electron chi connectivity index (χ2n) is 9.80. The molecular formula is C23H31Cl2NO3S. The van der Waals surface area contributed by atoms with Gasteiger partial charge in [-0.1, -0.05) is 36.0 Å². The molecule has 1 amide bonds. The molecule has 0 saturated heterocycles. The van der Waals surface area contributed by atoms with E-state index in [1.807, 2.05) is 0 Å². The van der Waals surface area contributed by atoms with E-state index in [1.165, 1.54) is 12.8 Å². The third-order valence-electron chi connectivity index (χ3n) is 7.44. The van der Waals surface area contributed by atoms with Crippen LogP contribution < -0.4 is 5.32 Å². The normalized spacial score (nSPS) is 28.2.